The molecule has 3 fully saturated rings. The summed E-state index contributed by atoms with van der Waals surface area (Å²) >= 11 is 0. The summed E-state index contributed by atoms with van der Waals surface area (Å²) in [6, 6.07) is 4.24. The van der Waals surface area contributed by atoms with E-state index < -0.39 is 84.6 Å². The largest absolute Gasteiger partial charge is 0.445 e. The third-order valence-corrected chi connectivity index (χ3v) is 8.80. The van der Waals surface area contributed by atoms with Gasteiger partial charge in [0.1, 0.15) is 24.7 Å². The van der Waals surface area contributed by atoms with E-state index in [9.17, 15) is 37.1 Å². The van der Waals surface area contributed by atoms with E-state index in [4.69, 9.17) is 15.2 Å². The fourth-order valence-electron chi connectivity index (χ4n) is 5.99. The topological polar surface area (TPSA) is 169 Å². The van der Waals surface area contributed by atoms with Crippen molar-refractivity contribution in [3.05, 3.63) is 35.9 Å². The van der Waals surface area contributed by atoms with Gasteiger partial charge in [0.15, 0.2) is 0 Å². The maximum absolute atomic E-state index is 14.0. The highest BCUT2D eigenvalue weighted by Crippen LogP contribution is 2.39. The number of alkyl halides is 3. The molecule has 15 heteroatoms. The summed E-state index contributed by atoms with van der Waals surface area (Å²) in [4.78, 5) is 65.3. The fraction of sp³-hybridized carbons (Fsp3) is 0.633. The van der Waals surface area contributed by atoms with Gasteiger partial charge in [-0.05, 0) is 57.9 Å². The van der Waals surface area contributed by atoms with Crippen LogP contribution in [0.15, 0.2) is 30.3 Å². The number of nitrogens with zero attached hydrogens (tertiary/aromatic N) is 1. The summed E-state index contributed by atoms with van der Waals surface area (Å²) in [5.74, 6) is -5.96. The Kier molecular flexibility index (Phi) is 10.6. The molecule has 2 aliphatic heterocycles. The summed E-state index contributed by atoms with van der Waals surface area (Å²) in [5.41, 5.74) is 5.54. The first-order valence-corrected chi connectivity index (χ1v) is 15.1. The fourth-order valence-corrected chi connectivity index (χ4v) is 5.99. The Hall–Kier alpha value is -3.88. The van der Waals surface area contributed by atoms with Gasteiger partial charge in [0, 0.05) is 19.0 Å². The van der Waals surface area contributed by atoms with Crippen LogP contribution in [0.2, 0.25) is 0 Å². The average Bonchev–Trinajstić information content (AvgIpc) is 3.60. The van der Waals surface area contributed by atoms with E-state index in [0.29, 0.717) is 31.4 Å². The van der Waals surface area contributed by atoms with Crippen LogP contribution in [-0.4, -0.2) is 83.7 Å². The Morgan fingerprint density at radius 3 is 2.40 bits per heavy atom. The van der Waals surface area contributed by atoms with Crippen LogP contribution in [0, 0.1) is 11.8 Å². The number of alkyl carbamates (subject to hydrolysis) is 1. The van der Waals surface area contributed by atoms with Crippen LogP contribution in [-0.2, 0) is 35.3 Å². The monoisotopic (exact) mass is 639 g/mol. The number of primary amides is 1. The second kappa shape index (κ2) is 14.0. The minimum atomic E-state index is -4.74. The number of halogens is 3. The zero-order valence-corrected chi connectivity index (χ0v) is 25.2. The molecule has 0 radical (unpaired) electrons. The number of carbonyl (C=O) groups is 5. The lowest BCUT2D eigenvalue weighted by atomic mass is 9.81. The normalized spacial score (nSPS) is 24.5. The second-order valence-corrected chi connectivity index (χ2v) is 12.3. The summed E-state index contributed by atoms with van der Waals surface area (Å²) < 4.78 is 53.2. The Labute approximate surface area is 258 Å². The number of benzene rings is 1. The molecular formula is C30H40F3N5O7. The quantitative estimate of drug-likeness (QED) is 0.271. The molecule has 45 heavy (non-hydrogen) atoms. The van der Waals surface area contributed by atoms with Crippen LogP contribution in [0.4, 0.5) is 18.0 Å². The maximum atomic E-state index is 14.0. The minimum Gasteiger partial charge on any atom is -0.445 e. The van der Waals surface area contributed by atoms with Crippen LogP contribution < -0.4 is 21.7 Å². The molecule has 1 saturated carbocycles. The van der Waals surface area contributed by atoms with Crippen molar-refractivity contribution in [3.8, 4) is 0 Å². The van der Waals surface area contributed by atoms with Gasteiger partial charge in [-0.25, -0.2) is 4.79 Å². The molecule has 248 valence electrons. The van der Waals surface area contributed by atoms with Gasteiger partial charge in [-0.15, -0.1) is 0 Å². The van der Waals surface area contributed by atoms with Gasteiger partial charge in [0.2, 0.25) is 23.6 Å². The predicted octanol–water partition coefficient (Wildman–Crippen LogP) is 1.90. The Morgan fingerprint density at radius 2 is 1.84 bits per heavy atom. The van der Waals surface area contributed by atoms with Gasteiger partial charge in [-0.1, -0.05) is 30.3 Å². The van der Waals surface area contributed by atoms with E-state index in [1.54, 1.807) is 30.3 Å². The van der Waals surface area contributed by atoms with Gasteiger partial charge in [0.25, 0.3) is 0 Å². The molecule has 1 aliphatic carbocycles. The highest BCUT2D eigenvalue weighted by Gasteiger charge is 2.53. The van der Waals surface area contributed by atoms with Crippen molar-refractivity contribution >= 4 is 29.7 Å². The van der Waals surface area contributed by atoms with E-state index in [2.05, 4.69) is 16.0 Å². The lowest BCUT2D eigenvalue weighted by Gasteiger charge is -2.42. The molecule has 2 saturated heterocycles. The standard InChI is InChI=1S/C30H40F3N5O7/c1-17(45-29(2)10-6-11-29)23(37-28(43)44-16-18-7-4-3-5-8-18)27(42)38-15-20(30(31,32)33)14-22(38)26(41)36-21(24(34)39)13-19-9-12-35-25(19)40/h3-5,7-8,17,19-23H,6,9-16H2,1-2H3,(H2,34,39)(H,35,40)(H,36,41)(H,37,43)/t17-,19+,20-,21+,22+,23+/m1/s1. The zero-order chi connectivity index (χ0) is 32.9. The Bertz CT molecular complexity index is 1260. The van der Waals surface area contributed by atoms with Gasteiger partial charge in [0.05, 0.1) is 17.6 Å². The first kappa shape index (κ1) is 34.0. The molecule has 1 aromatic carbocycles. The highest BCUT2D eigenvalue weighted by atomic mass is 19.4. The molecule has 0 aromatic heterocycles. The van der Waals surface area contributed by atoms with Crippen LogP contribution in [0.25, 0.3) is 0 Å². The number of likely N-dealkylation sites (tertiary alicyclic amines) is 1. The van der Waals surface area contributed by atoms with Gasteiger partial charge >= 0.3 is 12.3 Å². The molecule has 5 N–H and O–H groups in total. The van der Waals surface area contributed by atoms with Crippen molar-refractivity contribution in [2.24, 2.45) is 17.6 Å². The van der Waals surface area contributed by atoms with Crippen molar-refractivity contribution in [1.82, 2.24) is 20.9 Å². The lowest BCUT2D eigenvalue weighted by Crippen LogP contribution is -2.60. The van der Waals surface area contributed by atoms with E-state index in [1.165, 1.54) is 6.92 Å². The number of rotatable bonds is 12. The van der Waals surface area contributed by atoms with Gasteiger partial charge < -0.3 is 36.1 Å². The first-order valence-electron chi connectivity index (χ1n) is 15.1. The van der Waals surface area contributed by atoms with Crippen LogP contribution in [0.5, 0.6) is 0 Å². The van der Waals surface area contributed by atoms with Gasteiger partial charge in [-0.2, -0.15) is 13.2 Å². The smallest absolute Gasteiger partial charge is 0.408 e. The zero-order valence-electron chi connectivity index (χ0n) is 25.2. The average molecular weight is 640 g/mol. The van der Waals surface area contributed by atoms with Crippen molar-refractivity contribution < 1.29 is 46.6 Å². The molecule has 4 rings (SSSR count). The van der Waals surface area contributed by atoms with Crippen molar-refractivity contribution in [2.45, 2.75) is 95.0 Å². The Balaban J connectivity index is 1.54. The molecule has 3 aliphatic rings. The second-order valence-electron chi connectivity index (χ2n) is 12.3. The summed E-state index contributed by atoms with van der Waals surface area (Å²) in [5, 5.41) is 7.43. The number of hydrogen-bond acceptors (Lipinski definition) is 7. The molecule has 6 atom stereocenters. The number of amides is 5. The van der Waals surface area contributed by atoms with Crippen molar-refractivity contribution in [2.75, 3.05) is 13.1 Å². The van der Waals surface area contributed by atoms with Crippen LogP contribution in [0.3, 0.4) is 0 Å². The SMILES string of the molecule is C[C@@H](OC1(C)CCC1)[C@H](NC(=O)OCc1ccccc1)C(=O)N1C[C@H](C(F)(F)F)C[C@H]1C(=O)N[C@@H](C[C@@H]1CCNC1=O)C(N)=O. The highest BCUT2D eigenvalue weighted by molar-refractivity contribution is 5.94. The number of ether oxygens (including phenoxy) is 2. The molecule has 0 spiro atoms. The van der Waals surface area contributed by atoms with E-state index in [1.807, 2.05) is 6.92 Å². The first-order chi connectivity index (χ1) is 21.2. The van der Waals surface area contributed by atoms with Crippen molar-refractivity contribution in [3.63, 3.8) is 0 Å². The third-order valence-electron chi connectivity index (χ3n) is 8.80. The number of nitrogens with one attached hydrogen (secondary N) is 3. The molecule has 0 bridgehead atoms. The van der Waals surface area contributed by atoms with E-state index in [0.717, 1.165) is 11.3 Å². The molecule has 2 heterocycles. The third kappa shape index (κ3) is 8.65. The number of hydrogen-bond donors (Lipinski definition) is 4. The molecule has 0 unspecified atom stereocenters. The Morgan fingerprint density at radius 1 is 1.16 bits per heavy atom. The minimum absolute atomic E-state index is 0.126. The molecule has 5 amide bonds. The maximum Gasteiger partial charge on any atom is 0.408 e. The van der Waals surface area contributed by atoms with Crippen LogP contribution >= 0.6 is 0 Å². The summed E-state index contributed by atoms with van der Waals surface area (Å²) in [6.45, 7) is 2.75. The molecule has 12 nitrogen and oxygen atoms in total. The molecule has 1 aromatic rings. The molecular weight excluding hydrogens is 599 g/mol. The summed E-state index contributed by atoms with van der Waals surface area (Å²) in [7, 11) is 0. The van der Waals surface area contributed by atoms with E-state index >= 15 is 0 Å². The predicted molar refractivity (Wildman–Crippen MR) is 153 cm³/mol. The van der Waals surface area contributed by atoms with Gasteiger partial charge in [-0.3, -0.25) is 19.2 Å². The summed E-state index contributed by atoms with van der Waals surface area (Å²) in [6.07, 6.45) is -4.98. The number of carbonyl (C=O) groups excluding carboxylic acids is 5. The van der Waals surface area contributed by atoms with Crippen LogP contribution in [0.1, 0.15) is 57.9 Å². The van der Waals surface area contributed by atoms with Crippen molar-refractivity contribution in [1.29, 1.82) is 0 Å². The van der Waals surface area contributed by atoms with E-state index in [-0.39, 0.29) is 18.9 Å². The lowest BCUT2D eigenvalue weighted by molar-refractivity contribution is -0.172. The number of nitrogens with two attached hydrogens (primary N) is 1.